The third-order valence-electron chi connectivity index (χ3n) is 6.44. The molecule has 0 bridgehead atoms. The number of nitrogens with zero attached hydrogens (tertiary/aromatic N) is 3. The van der Waals surface area contributed by atoms with Gasteiger partial charge in [0.15, 0.2) is 4.80 Å². The molecule has 1 unspecified atom stereocenters. The molecule has 41 heavy (non-hydrogen) atoms. The van der Waals surface area contributed by atoms with Crippen molar-refractivity contribution in [2.45, 2.75) is 36.6 Å². The maximum absolute atomic E-state index is 13.8. The van der Waals surface area contributed by atoms with Crippen LogP contribution in [-0.2, 0) is 9.53 Å². The normalized spacial score (nSPS) is 14.9. The number of hydrogen-bond donors (Lipinski definition) is 0. The summed E-state index contributed by atoms with van der Waals surface area (Å²) in [6, 6.07) is 18.8. The summed E-state index contributed by atoms with van der Waals surface area (Å²) in [7, 11) is 0. The van der Waals surface area contributed by atoms with Gasteiger partial charge in [0.1, 0.15) is 6.04 Å². The first-order valence-corrected chi connectivity index (χ1v) is 14.7. The number of nitro benzene ring substituents is 1. The molecule has 5 rings (SSSR count). The largest absolute Gasteiger partial charge is 0.463 e. The van der Waals surface area contributed by atoms with Crippen molar-refractivity contribution in [2.75, 3.05) is 6.61 Å². The van der Waals surface area contributed by atoms with E-state index in [4.69, 9.17) is 16.3 Å². The molecule has 0 spiro atoms. The van der Waals surface area contributed by atoms with E-state index < -0.39 is 22.5 Å². The van der Waals surface area contributed by atoms with Crippen LogP contribution in [0.25, 0.3) is 6.08 Å². The highest BCUT2D eigenvalue weighted by molar-refractivity contribution is 7.99. The van der Waals surface area contributed by atoms with E-state index >= 15 is 0 Å². The van der Waals surface area contributed by atoms with Crippen molar-refractivity contribution in [3.63, 3.8) is 0 Å². The van der Waals surface area contributed by atoms with E-state index in [1.54, 1.807) is 56.3 Å². The zero-order chi connectivity index (χ0) is 29.3. The van der Waals surface area contributed by atoms with Gasteiger partial charge in [-0.3, -0.25) is 19.5 Å². The first kappa shape index (κ1) is 28.5. The summed E-state index contributed by atoms with van der Waals surface area (Å²) in [5.74, 6) is -0.578. The molecule has 0 saturated carbocycles. The van der Waals surface area contributed by atoms with E-state index in [2.05, 4.69) is 4.99 Å². The highest BCUT2D eigenvalue weighted by Gasteiger charge is 2.34. The summed E-state index contributed by atoms with van der Waals surface area (Å²) in [6.07, 6.45) is 1.60. The van der Waals surface area contributed by atoms with Gasteiger partial charge in [-0.25, -0.2) is 9.79 Å². The lowest BCUT2D eigenvalue weighted by Gasteiger charge is -2.25. The van der Waals surface area contributed by atoms with Crippen molar-refractivity contribution in [1.82, 2.24) is 4.57 Å². The molecular weight excluding hydrogens is 582 g/mol. The van der Waals surface area contributed by atoms with E-state index in [0.717, 1.165) is 21.8 Å². The molecular formula is C30H24ClN3O5S2. The SMILES string of the molecule is CCOC(=O)C1=C(C)N=c2sc(=Cc3ccc(Sc4ccc(C)cc4)c([N+](=O)[O-])c3)c(=O)n2C1c1ccccc1Cl. The molecule has 208 valence electrons. The van der Waals surface area contributed by atoms with Crippen LogP contribution in [0, 0.1) is 17.0 Å². The minimum Gasteiger partial charge on any atom is -0.463 e. The number of carbonyl (C=O) groups is 1. The van der Waals surface area contributed by atoms with Gasteiger partial charge >= 0.3 is 5.97 Å². The molecule has 1 aromatic heterocycles. The predicted molar refractivity (Wildman–Crippen MR) is 160 cm³/mol. The Morgan fingerprint density at radius 3 is 2.59 bits per heavy atom. The van der Waals surface area contributed by atoms with E-state index in [1.807, 2.05) is 31.2 Å². The first-order valence-electron chi connectivity index (χ1n) is 12.6. The molecule has 1 aliphatic rings. The van der Waals surface area contributed by atoms with Gasteiger partial charge in [0.05, 0.1) is 32.2 Å². The fourth-order valence-electron chi connectivity index (χ4n) is 4.52. The Labute approximate surface area is 248 Å². The lowest BCUT2D eigenvalue weighted by Crippen LogP contribution is -2.40. The number of aryl methyl sites for hydroxylation is 1. The lowest BCUT2D eigenvalue weighted by atomic mass is 9.96. The van der Waals surface area contributed by atoms with Gasteiger partial charge in [-0.05, 0) is 62.2 Å². The number of allylic oxidation sites excluding steroid dienone is 1. The maximum atomic E-state index is 13.8. The van der Waals surface area contributed by atoms with Gasteiger partial charge in [0.2, 0.25) is 0 Å². The van der Waals surface area contributed by atoms with Crippen molar-refractivity contribution in [3.8, 4) is 0 Å². The van der Waals surface area contributed by atoms with Gasteiger partial charge in [0.25, 0.3) is 11.2 Å². The number of hydrogen-bond acceptors (Lipinski definition) is 8. The van der Waals surface area contributed by atoms with Crippen LogP contribution in [0.2, 0.25) is 5.02 Å². The summed E-state index contributed by atoms with van der Waals surface area (Å²) in [6.45, 7) is 5.54. The Balaban J connectivity index is 1.62. The molecule has 0 radical (unpaired) electrons. The van der Waals surface area contributed by atoms with Crippen molar-refractivity contribution < 1.29 is 14.5 Å². The molecule has 0 aliphatic carbocycles. The molecule has 2 heterocycles. The van der Waals surface area contributed by atoms with Crippen LogP contribution in [0.15, 0.2) is 97.6 Å². The molecule has 4 aromatic rings. The molecule has 1 aliphatic heterocycles. The van der Waals surface area contributed by atoms with Crippen LogP contribution in [0.4, 0.5) is 5.69 Å². The van der Waals surface area contributed by atoms with E-state index in [9.17, 15) is 19.7 Å². The monoisotopic (exact) mass is 605 g/mol. The standard InChI is InChI=1S/C30H24ClN3O5S2/c1-4-39-29(36)26-18(3)32-30-33(27(26)21-7-5-6-8-22(21)31)28(35)25(41-30)16-19-11-14-24(23(15-19)34(37)38)40-20-12-9-17(2)10-13-20/h5-16,27H,4H2,1-3H3. The Morgan fingerprint density at radius 2 is 1.90 bits per heavy atom. The average molecular weight is 606 g/mol. The Bertz CT molecular complexity index is 1890. The van der Waals surface area contributed by atoms with Crippen LogP contribution >= 0.6 is 34.7 Å². The second-order valence-electron chi connectivity index (χ2n) is 9.22. The average Bonchev–Trinajstić information content (AvgIpc) is 3.24. The Hall–Kier alpha value is -3.99. The molecule has 0 N–H and O–H groups in total. The first-order chi connectivity index (χ1) is 19.7. The third kappa shape index (κ3) is 5.76. The lowest BCUT2D eigenvalue weighted by molar-refractivity contribution is -0.387. The number of halogens is 1. The van der Waals surface area contributed by atoms with Crippen molar-refractivity contribution >= 4 is 52.4 Å². The van der Waals surface area contributed by atoms with E-state index in [1.165, 1.54) is 22.4 Å². The Morgan fingerprint density at radius 1 is 1.17 bits per heavy atom. The zero-order valence-corrected chi connectivity index (χ0v) is 24.7. The highest BCUT2D eigenvalue weighted by Crippen LogP contribution is 2.36. The van der Waals surface area contributed by atoms with Gasteiger partial charge in [-0.2, -0.15) is 0 Å². The number of fused-ring (bicyclic) bond motifs is 1. The number of benzene rings is 3. The van der Waals surface area contributed by atoms with Crippen molar-refractivity contribution in [1.29, 1.82) is 0 Å². The molecule has 8 nitrogen and oxygen atoms in total. The molecule has 0 saturated heterocycles. The topological polar surface area (TPSA) is 104 Å². The van der Waals surface area contributed by atoms with Crippen LogP contribution in [0.1, 0.15) is 36.6 Å². The van der Waals surface area contributed by atoms with Gasteiger partial charge < -0.3 is 4.74 Å². The van der Waals surface area contributed by atoms with Crippen molar-refractivity contribution in [3.05, 3.63) is 130 Å². The summed E-state index contributed by atoms with van der Waals surface area (Å²) < 4.78 is 7.06. The number of thiazole rings is 1. The quantitative estimate of drug-likeness (QED) is 0.149. The van der Waals surface area contributed by atoms with Gasteiger partial charge in [-0.15, -0.1) is 0 Å². The summed E-state index contributed by atoms with van der Waals surface area (Å²) in [5, 5.41) is 12.3. The van der Waals surface area contributed by atoms with Crippen LogP contribution < -0.4 is 14.9 Å². The van der Waals surface area contributed by atoms with Crippen molar-refractivity contribution in [2.24, 2.45) is 4.99 Å². The molecule has 11 heteroatoms. The van der Waals surface area contributed by atoms with Crippen LogP contribution in [-0.4, -0.2) is 22.1 Å². The number of aromatic nitrogens is 1. The van der Waals surface area contributed by atoms with E-state index in [-0.39, 0.29) is 17.9 Å². The van der Waals surface area contributed by atoms with E-state index in [0.29, 0.717) is 36.1 Å². The maximum Gasteiger partial charge on any atom is 0.338 e. The van der Waals surface area contributed by atoms with Gasteiger partial charge in [0, 0.05) is 16.0 Å². The zero-order valence-electron chi connectivity index (χ0n) is 22.3. The number of carbonyl (C=O) groups excluding carboxylic acids is 1. The fraction of sp³-hybridized carbons (Fsp3) is 0.167. The minimum atomic E-state index is -0.844. The second kappa shape index (κ2) is 11.9. The number of esters is 1. The summed E-state index contributed by atoms with van der Waals surface area (Å²) in [4.78, 5) is 44.7. The predicted octanol–water partition coefficient (Wildman–Crippen LogP) is 5.82. The van der Waals surface area contributed by atoms with Crippen LogP contribution in [0.5, 0.6) is 0 Å². The summed E-state index contributed by atoms with van der Waals surface area (Å²) >= 11 is 8.98. The fourth-order valence-corrected chi connectivity index (χ4v) is 6.71. The molecule has 1 atom stereocenters. The highest BCUT2D eigenvalue weighted by atomic mass is 35.5. The van der Waals surface area contributed by atoms with Crippen LogP contribution in [0.3, 0.4) is 0 Å². The number of nitro groups is 1. The molecule has 0 amide bonds. The molecule has 3 aromatic carbocycles. The van der Waals surface area contributed by atoms with Gasteiger partial charge in [-0.1, -0.05) is 76.7 Å². The minimum absolute atomic E-state index is 0.0634. The number of rotatable bonds is 7. The number of ether oxygens (including phenoxy) is 1. The second-order valence-corrected chi connectivity index (χ2v) is 11.8. The molecule has 0 fully saturated rings. The third-order valence-corrected chi connectivity index (χ3v) is 8.84. The smallest absolute Gasteiger partial charge is 0.338 e. The summed E-state index contributed by atoms with van der Waals surface area (Å²) in [5.41, 5.74) is 2.35. The Kier molecular flexibility index (Phi) is 8.25.